The zero-order valence-corrected chi connectivity index (χ0v) is 5.65. The van der Waals surface area contributed by atoms with Crippen LogP contribution in [0.5, 0.6) is 0 Å². The lowest BCUT2D eigenvalue weighted by Gasteiger charge is -1.90. The number of aromatic nitrogens is 1. The van der Waals surface area contributed by atoms with E-state index in [-0.39, 0.29) is 0 Å². The van der Waals surface area contributed by atoms with Crippen LogP contribution in [0.2, 0.25) is 0 Å². The summed E-state index contributed by atoms with van der Waals surface area (Å²) in [5, 5.41) is 0.840. The van der Waals surface area contributed by atoms with E-state index in [9.17, 15) is 4.79 Å². The van der Waals surface area contributed by atoms with E-state index in [1.165, 1.54) is 6.26 Å². The van der Waals surface area contributed by atoms with Crippen LogP contribution in [0, 0.1) is 0 Å². The molecule has 0 unspecified atom stereocenters. The Morgan fingerprint density at radius 2 is 2.09 bits per heavy atom. The minimum absolute atomic E-state index is 0.552. The Morgan fingerprint density at radius 3 is 3.00 bits per heavy atom. The molecule has 1 aromatic heterocycles. The van der Waals surface area contributed by atoms with E-state index >= 15 is 0 Å². The predicted octanol–water partition coefficient (Wildman–Crippen LogP) is 1.19. The van der Waals surface area contributed by atoms with Crippen LogP contribution in [0.15, 0.2) is 39.7 Å². The van der Waals surface area contributed by atoms with Crippen LogP contribution in [0.4, 0.5) is 0 Å². The Labute approximate surface area is 62.3 Å². The molecule has 54 valence electrons. The normalized spacial score (nSPS) is 10.2. The zero-order chi connectivity index (χ0) is 7.68. The smallest absolute Gasteiger partial charge is 0.416 e. The highest BCUT2D eigenvalue weighted by atomic mass is 16.4. The van der Waals surface area contributed by atoms with Gasteiger partial charge in [0.05, 0.1) is 5.52 Å². The Bertz CT molecular complexity index is 433. The van der Waals surface area contributed by atoms with Gasteiger partial charge in [-0.1, -0.05) is 12.1 Å². The van der Waals surface area contributed by atoms with Crippen LogP contribution >= 0.6 is 0 Å². The molecule has 0 amide bonds. The van der Waals surface area contributed by atoms with Gasteiger partial charge < -0.3 is 4.42 Å². The van der Waals surface area contributed by atoms with Gasteiger partial charge in [-0.3, -0.25) is 0 Å². The van der Waals surface area contributed by atoms with Crippen LogP contribution in [0.25, 0.3) is 10.9 Å². The first-order valence-corrected chi connectivity index (χ1v) is 3.21. The molecule has 0 atom stereocenters. The van der Waals surface area contributed by atoms with Gasteiger partial charge in [-0.05, 0) is 12.1 Å². The number of hydrogen-bond acceptors (Lipinski definition) is 3. The van der Waals surface area contributed by atoms with Crippen LogP contribution in [0.3, 0.4) is 0 Å². The van der Waals surface area contributed by atoms with Gasteiger partial charge in [0.1, 0.15) is 6.26 Å². The molecule has 0 saturated carbocycles. The summed E-state index contributed by atoms with van der Waals surface area (Å²) in [6.07, 6.45) is 1.41. The number of fused-ring (bicyclic) bond motifs is 1. The fourth-order valence-electron chi connectivity index (χ4n) is 0.928. The molecule has 0 bridgehead atoms. The molecular formula is C8H5NO2. The van der Waals surface area contributed by atoms with Crippen molar-refractivity contribution in [2.45, 2.75) is 0 Å². The van der Waals surface area contributed by atoms with Gasteiger partial charge in [-0.2, -0.15) is 4.98 Å². The molecule has 0 radical (unpaired) electrons. The molecule has 0 aliphatic carbocycles. The largest absolute Gasteiger partial charge is 0.439 e. The van der Waals surface area contributed by atoms with Gasteiger partial charge in [0, 0.05) is 5.39 Å². The maximum atomic E-state index is 10.6. The van der Waals surface area contributed by atoms with Crippen LogP contribution in [-0.4, -0.2) is 4.98 Å². The predicted molar refractivity (Wildman–Crippen MR) is 40.3 cm³/mol. The van der Waals surface area contributed by atoms with E-state index in [0.717, 1.165) is 5.39 Å². The molecule has 3 nitrogen and oxygen atoms in total. The monoisotopic (exact) mass is 147 g/mol. The first-order valence-electron chi connectivity index (χ1n) is 3.21. The van der Waals surface area contributed by atoms with Crippen molar-refractivity contribution in [2.75, 3.05) is 0 Å². The second-order valence-corrected chi connectivity index (χ2v) is 2.17. The average molecular weight is 147 g/mol. The summed E-state index contributed by atoms with van der Waals surface area (Å²) in [5.74, 6) is -0.552. The number of rotatable bonds is 0. The Kier molecular flexibility index (Phi) is 1.22. The molecule has 0 saturated heterocycles. The molecule has 0 N–H and O–H groups in total. The van der Waals surface area contributed by atoms with Crippen molar-refractivity contribution < 1.29 is 4.42 Å². The SMILES string of the molecule is O=c1nc2ccccc2co1. The van der Waals surface area contributed by atoms with Crippen molar-refractivity contribution in [2.24, 2.45) is 0 Å². The topological polar surface area (TPSA) is 43.1 Å². The number of para-hydroxylation sites is 1. The van der Waals surface area contributed by atoms with E-state index in [4.69, 9.17) is 0 Å². The summed E-state index contributed by atoms with van der Waals surface area (Å²) in [4.78, 5) is 14.3. The fraction of sp³-hybridized carbons (Fsp3) is 0. The maximum Gasteiger partial charge on any atom is 0.439 e. The summed E-state index contributed by atoms with van der Waals surface area (Å²) in [5.41, 5.74) is 0.670. The second kappa shape index (κ2) is 2.20. The summed E-state index contributed by atoms with van der Waals surface area (Å²) >= 11 is 0. The number of nitrogens with zero attached hydrogens (tertiary/aromatic N) is 1. The zero-order valence-electron chi connectivity index (χ0n) is 5.65. The van der Waals surface area contributed by atoms with Gasteiger partial charge in [0.25, 0.3) is 0 Å². The second-order valence-electron chi connectivity index (χ2n) is 2.17. The lowest BCUT2D eigenvalue weighted by molar-refractivity contribution is 0.493. The molecule has 0 aliphatic heterocycles. The van der Waals surface area contributed by atoms with E-state index in [2.05, 4.69) is 9.40 Å². The summed E-state index contributed by atoms with van der Waals surface area (Å²) in [7, 11) is 0. The first kappa shape index (κ1) is 6.09. The van der Waals surface area contributed by atoms with Crippen LogP contribution < -0.4 is 5.76 Å². The molecular weight excluding hydrogens is 142 g/mol. The minimum Gasteiger partial charge on any atom is -0.416 e. The molecule has 0 spiro atoms. The number of benzene rings is 1. The highest BCUT2D eigenvalue weighted by Crippen LogP contribution is 2.06. The van der Waals surface area contributed by atoms with Gasteiger partial charge in [0.2, 0.25) is 0 Å². The van der Waals surface area contributed by atoms with Crippen molar-refractivity contribution in [1.29, 1.82) is 0 Å². The fourth-order valence-corrected chi connectivity index (χ4v) is 0.928. The Hall–Kier alpha value is -1.64. The third-order valence-electron chi connectivity index (χ3n) is 1.44. The molecule has 1 heterocycles. The quantitative estimate of drug-likeness (QED) is 0.562. The minimum atomic E-state index is -0.552. The average Bonchev–Trinajstić information content (AvgIpc) is 2.04. The molecule has 1 aromatic carbocycles. The van der Waals surface area contributed by atoms with Crippen molar-refractivity contribution >= 4 is 10.9 Å². The molecule has 0 aliphatic rings. The van der Waals surface area contributed by atoms with Crippen molar-refractivity contribution in [3.05, 3.63) is 41.1 Å². The highest BCUT2D eigenvalue weighted by Gasteiger charge is 1.93. The van der Waals surface area contributed by atoms with Crippen LogP contribution in [0.1, 0.15) is 0 Å². The summed E-state index contributed by atoms with van der Waals surface area (Å²) in [6.45, 7) is 0. The Morgan fingerprint density at radius 1 is 1.27 bits per heavy atom. The van der Waals surface area contributed by atoms with Crippen molar-refractivity contribution in [1.82, 2.24) is 4.98 Å². The van der Waals surface area contributed by atoms with Crippen molar-refractivity contribution in [3.8, 4) is 0 Å². The van der Waals surface area contributed by atoms with Gasteiger partial charge in [-0.15, -0.1) is 0 Å². The van der Waals surface area contributed by atoms with Gasteiger partial charge >= 0.3 is 5.76 Å². The number of hydrogen-bond donors (Lipinski definition) is 0. The van der Waals surface area contributed by atoms with E-state index in [1.54, 1.807) is 6.07 Å². The van der Waals surface area contributed by atoms with Gasteiger partial charge in [-0.25, -0.2) is 4.79 Å². The van der Waals surface area contributed by atoms with E-state index in [0.29, 0.717) is 5.52 Å². The summed E-state index contributed by atoms with van der Waals surface area (Å²) < 4.78 is 4.57. The first-order chi connectivity index (χ1) is 5.36. The molecule has 2 aromatic rings. The third kappa shape index (κ3) is 1.00. The lowest BCUT2D eigenvalue weighted by atomic mass is 10.2. The summed E-state index contributed by atoms with van der Waals surface area (Å²) in [6, 6.07) is 7.30. The third-order valence-corrected chi connectivity index (χ3v) is 1.44. The lowest BCUT2D eigenvalue weighted by Crippen LogP contribution is -2.01. The maximum absolute atomic E-state index is 10.6. The standard InChI is InChI=1S/C8H5NO2/c10-8-9-7-4-2-1-3-6(7)5-11-8/h1-5H. The molecule has 11 heavy (non-hydrogen) atoms. The molecule has 0 fully saturated rings. The Balaban J connectivity index is 2.94. The molecule has 3 heteroatoms. The van der Waals surface area contributed by atoms with E-state index < -0.39 is 5.76 Å². The van der Waals surface area contributed by atoms with Crippen LogP contribution in [-0.2, 0) is 0 Å². The molecule has 2 rings (SSSR count). The van der Waals surface area contributed by atoms with E-state index in [1.807, 2.05) is 18.2 Å². The highest BCUT2D eigenvalue weighted by molar-refractivity contribution is 5.76. The van der Waals surface area contributed by atoms with Crippen molar-refractivity contribution in [3.63, 3.8) is 0 Å². The van der Waals surface area contributed by atoms with Gasteiger partial charge in [0.15, 0.2) is 0 Å².